The van der Waals surface area contributed by atoms with E-state index >= 15 is 0 Å². The van der Waals surface area contributed by atoms with Crippen molar-refractivity contribution in [2.75, 3.05) is 9.96 Å². The number of hydroxylamine groups is 1. The molecular formula is C20H15ClN2O2. The molecule has 0 saturated carbocycles. The summed E-state index contributed by atoms with van der Waals surface area (Å²) in [5.41, 5.74) is 2.43. The fourth-order valence-electron chi connectivity index (χ4n) is 2.93. The summed E-state index contributed by atoms with van der Waals surface area (Å²) < 4.78 is 0. The van der Waals surface area contributed by atoms with Crippen LogP contribution >= 0.6 is 11.6 Å². The maximum absolute atomic E-state index is 12.7. The van der Waals surface area contributed by atoms with Gasteiger partial charge in [0.1, 0.15) is 0 Å². The Morgan fingerprint density at radius 1 is 0.800 bits per heavy atom. The van der Waals surface area contributed by atoms with Crippen molar-refractivity contribution in [3.8, 4) is 0 Å². The van der Waals surface area contributed by atoms with E-state index in [0.717, 1.165) is 11.3 Å². The van der Waals surface area contributed by atoms with Crippen LogP contribution in [0.15, 0.2) is 84.9 Å². The van der Waals surface area contributed by atoms with Crippen molar-refractivity contribution in [1.82, 2.24) is 0 Å². The topological polar surface area (TPSA) is 32.8 Å². The molecule has 3 aromatic carbocycles. The quantitative estimate of drug-likeness (QED) is 0.632. The van der Waals surface area contributed by atoms with Crippen LogP contribution in [0, 0.1) is 0 Å². The lowest BCUT2D eigenvalue weighted by atomic mass is 10.1. The number of hydrogen-bond donors (Lipinski definition) is 0. The summed E-state index contributed by atoms with van der Waals surface area (Å²) in [4.78, 5) is 19.9. The molecule has 0 aliphatic carbocycles. The predicted octanol–water partition coefficient (Wildman–Crippen LogP) is 5.42. The van der Waals surface area contributed by atoms with E-state index in [1.165, 1.54) is 0 Å². The summed E-state index contributed by atoms with van der Waals surface area (Å²) >= 11 is 6.13. The minimum absolute atomic E-state index is 0.422. The highest BCUT2D eigenvalue weighted by Gasteiger charge is 2.42. The minimum Gasteiger partial charge on any atom is -0.319 e. The number of amides is 1. The van der Waals surface area contributed by atoms with E-state index in [-0.39, 0.29) is 0 Å². The van der Waals surface area contributed by atoms with Gasteiger partial charge in [0.2, 0.25) is 0 Å². The molecule has 0 spiro atoms. The van der Waals surface area contributed by atoms with E-state index in [1.807, 2.05) is 72.8 Å². The molecule has 0 aromatic heterocycles. The fourth-order valence-corrected chi connectivity index (χ4v) is 3.12. The van der Waals surface area contributed by atoms with Gasteiger partial charge < -0.3 is 4.84 Å². The normalized spacial score (nSPS) is 16.8. The first-order valence-electron chi connectivity index (χ1n) is 7.90. The lowest BCUT2D eigenvalue weighted by molar-refractivity contribution is 0.164. The van der Waals surface area contributed by atoms with Gasteiger partial charge in [-0.15, -0.1) is 0 Å². The predicted molar refractivity (Wildman–Crippen MR) is 98.5 cm³/mol. The second-order valence-electron chi connectivity index (χ2n) is 5.65. The molecule has 1 fully saturated rings. The van der Waals surface area contributed by atoms with Crippen molar-refractivity contribution >= 4 is 29.1 Å². The molecule has 5 heteroatoms. The Morgan fingerprint density at radius 3 is 2.12 bits per heavy atom. The summed E-state index contributed by atoms with van der Waals surface area (Å²) in [7, 11) is 0. The lowest BCUT2D eigenvalue weighted by Crippen LogP contribution is -2.31. The van der Waals surface area contributed by atoms with Crippen LogP contribution in [0.5, 0.6) is 0 Å². The number of anilines is 2. The SMILES string of the molecule is O=C1ON(c2ccccc2)[C@@H](c2ccccc2)N1c1cccc(Cl)c1. The highest BCUT2D eigenvalue weighted by Crippen LogP contribution is 2.39. The van der Waals surface area contributed by atoms with Crippen molar-refractivity contribution in [3.63, 3.8) is 0 Å². The summed E-state index contributed by atoms with van der Waals surface area (Å²) in [6.07, 6.45) is -0.866. The van der Waals surface area contributed by atoms with Crippen LogP contribution in [0.4, 0.5) is 16.2 Å². The van der Waals surface area contributed by atoms with E-state index in [2.05, 4.69) is 0 Å². The Balaban J connectivity index is 1.83. The molecule has 25 heavy (non-hydrogen) atoms. The molecule has 0 N–H and O–H groups in total. The molecule has 1 atom stereocenters. The van der Waals surface area contributed by atoms with Crippen molar-refractivity contribution in [2.24, 2.45) is 0 Å². The zero-order valence-electron chi connectivity index (χ0n) is 13.2. The van der Waals surface area contributed by atoms with Gasteiger partial charge in [-0.3, -0.25) is 0 Å². The Kier molecular flexibility index (Phi) is 4.04. The number of nitrogens with zero attached hydrogens (tertiary/aromatic N) is 2. The zero-order valence-corrected chi connectivity index (χ0v) is 14.0. The number of benzene rings is 3. The van der Waals surface area contributed by atoms with Gasteiger partial charge in [-0.1, -0.05) is 66.2 Å². The van der Waals surface area contributed by atoms with Crippen LogP contribution in [0.3, 0.4) is 0 Å². The average molecular weight is 351 g/mol. The van der Waals surface area contributed by atoms with Gasteiger partial charge in [0.25, 0.3) is 0 Å². The van der Waals surface area contributed by atoms with Crippen LogP contribution < -0.4 is 9.96 Å². The van der Waals surface area contributed by atoms with Gasteiger partial charge in [0.15, 0.2) is 6.17 Å². The van der Waals surface area contributed by atoms with Crippen molar-refractivity contribution in [3.05, 3.63) is 95.5 Å². The van der Waals surface area contributed by atoms with Crippen LogP contribution in [-0.4, -0.2) is 6.09 Å². The van der Waals surface area contributed by atoms with E-state index in [9.17, 15) is 4.79 Å². The third-order valence-electron chi connectivity index (χ3n) is 4.03. The number of hydrogen-bond acceptors (Lipinski definition) is 3. The van der Waals surface area contributed by atoms with E-state index in [4.69, 9.17) is 16.4 Å². The number of para-hydroxylation sites is 1. The number of carbonyl (C=O) groups excluding carboxylic acids is 1. The third-order valence-corrected chi connectivity index (χ3v) is 4.27. The smallest absolute Gasteiger partial charge is 0.319 e. The maximum atomic E-state index is 12.7. The van der Waals surface area contributed by atoms with E-state index < -0.39 is 12.3 Å². The first kappa shape index (κ1) is 15.5. The van der Waals surface area contributed by atoms with Gasteiger partial charge in [0, 0.05) is 5.02 Å². The molecule has 4 rings (SSSR count). The standard InChI is InChI=1S/C20H15ClN2O2/c21-16-10-7-13-18(14-16)22-19(15-8-3-1-4-9-15)23(25-20(22)24)17-11-5-2-6-12-17/h1-14,19H/t19-/m0/s1. The monoisotopic (exact) mass is 350 g/mol. The van der Waals surface area contributed by atoms with Gasteiger partial charge in [0.05, 0.1) is 11.4 Å². The number of rotatable bonds is 3. The molecule has 0 radical (unpaired) electrons. The van der Waals surface area contributed by atoms with Crippen molar-refractivity contribution < 1.29 is 9.63 Å². The fraction of sp³-hybridized carbons (Fsp3) is 0.0500. The number of carbonyl (C=O) groups is 1. The highest BCUT2D eigenvalue weighted by atomic mass is 35.5. The molecule has 124 valence electrons. The van der Waals surface area contributed by atoms with Crippen molar-refractivity contribution in [1.29, 1.82) is 0 Å². The molecule has 1 saturated heterocycles. The van der Waals surface area contributed by atoms with Gasteiger partial charge >= 0.3 is 6.09 Å². The minimum atomic E-state index is -0.444. The van der Waals surface area contributed by atoms with Gasteiger partial charge in [-0.25, -0.2) is 9.69 Å². The second kappa shape index (κ2) is 6.49. The molecule has 0 unspecified atom stereocenters. The summed E-state index contributed by atoms with van der Waals surface area (Å²) in [5, 5.41) is 2.19. The molecule has 0 bridgehead atoms. The van der Waals surface area contributed by atoms with Crippen LogP contribution in [0.1, 0.15) is 11.7 Å². The first-order chi connectivity index (χ1) is 12.2. The summed E-state index contributed by atoms with van der Waals surface area (Å²) in [5.74, 6) is 0. The zero-order chi connectivity index (χ0) is 17.2. The molecular weight excluding hydrogens is 336 g/mol. The molecule has 1 aliphatic heterocycles. The van der Waals surface area contributed by atoms with Gasteiger partial charge in [-0.2, -0.15) is 5.06 Å². The summed E-state index contributed by atoms with van der Waals surface area (Å²) in [6.45, 7) is 0. The largest absolute Gasteiger partial charge is 0.440 e. The molecule has 4 nitrogen and oxygen atoms in total. The maximum Gasteiger partial charge on any atom is 0.440 e. The molecule has 1 amide bonds. The van der Waals surface area contributed by atoms with Crippen LogP contribution in [0.25, 0.3) is 0 Å². The second-order valence-corrected chi connectivity index (χ2v) is 6.09. The molecule has 1 heterocycles. The number of halogens is 1. The summed E-state index contributed by atoms with van der Waals surface area (Å²) in [6, 6.07) is 26.5. The third kappa shape index (κ3) is 2.92. The highest BCUT2D eigenvalue weighted by molar-refractivity contribution is 6.30. The average Bonchev–Trinajstić information content (AvgIpc) is 3.00. The Labute approximate surface area is 150 Å². The van der Waals surface area contributed by atoms with Gasteiger partial charge in [-0.05, 0) is 35.9 Å². The Hall–Kier alpha value is -2.98. The Morgan fingerprint density at radius 2 is 1.44 bits per heavy atom. The van der Waals surface area contributed by atoms with E-state index in [1.54, 1.807) is 22.1 Å². The molecule has 3 aromatic rings. The van der Waals surface area contributed by atoms with Crippen LogP contribution in [0.2, 0.25) is 5.02 Å². The molecule has 1 aliphatic rings. The van der Waals surface area contributed by atoms with E-state index in [0.29, 0.717) is 10.7 Å². The first-order valence-corrected chi connectivity index (χ1v) is 8.28. The van der Waals surface area contributed by atoms with Crippen molar-refractivity contribution in [2.45, 2.75) is 6.17 Å². The Bertz CT molecular complexity index is 886. The van der Waals surface area contributed by atoms with Crippen LogP contribution in [-0.2, 0) is 4.84 Å². The lowest BCUT2D eigenvalue weighted by Gasteiger charge is -2.27.